The molecule has 1 rings (SSSR count). The highest BCUT2D eigenvalue weighted by molar-refractivity contribution is 7.99. The molecule has 1 atom stereocenters. The minimum Gasteiger partial charge on any atom is -0.395 e. The molecule has 15 heavy (non-hydrogen) atoms. The third-order valence-corrected chi connectivity index (χ3v) is 2.99. The van der Waals surface area contributed by atoms with Crippen molar-refractivity contribution >= 4 is 11.8 Å². The molecule has 0 aliphatic carbocycles. The van der Waals surface area contributed by atoms with Crippen LogP contribution in [0.2, 0.25) is 0 Å². The van der Waals surface area contributed by atoms with Gasteiger partial charge in [-0.2, -0.15) is 0 Å². The van der Waals surface area contributed by atoms with E-state index in [1.807, 2.05) is 19.2 Å². The number of nitrogens with zero attached hydrogens (tertiary/aromatic N) is 1. The molecule has 0 spiro atoms. The molecule has 0 aliphatic heterocycles. The summed E-state index contributed by atoms with van der Waals surface area (Å²) < 4.78 is 0. The first kappa shape index (κ1) is 12.5. The molecular formula is C11H18N2OS. The van der Waals surface area contributed by atoms with E-state index in [-0.39, 0.29) is 11.9 Å². The van der Waals surface area contributed by atoms with Gasteiger partial charge in [-0.05, 0) is 18.2 Å². The zero-order valence-electron chi connectivity index (χ0n) is 9.23. The van der Waals surface area contributed by atoms with E-state index >= 15 is 0 Å². The van der Waals surface area contributed by atoms with Crippen molar-refractivity contribution in [2.24, 2.45) is 0 Å². The van der Waals surface area contributed by atoms with Crippen LogP contribution in [0.3, 0.4) is 0 Å². The van der Waals surface area contributed by atoms with Crippen molar-refractivity contribution < 1.29 is 5.11 Å². The predicted molar refractivity (Wildman–Crippen MR) is 64.0 cm³/mol. The molecule has 1 heterocycles. The highest BCUT2D eigenvalue weighted by Gasteiger charge is 2.03. The van der Waals surface area contributed by atoms with Gasteiger partial charge in [0.15, 0.2) is 0 Å². The Morgan fingerprint density at radius 1 is 1.53 bits per heavy atom. The number of thioether (sulfide) groups is 1. The zero-order chi connectivity index (χ0) is 11.1. The molecule has 1 aromatic heterocycles. The fourth-order valence-corrected chi connectivity index (χ4v) is 1.84. The standard InChI is InChI=1S/C11H18N2OS/c1-3-12-6-10-4-5-11(13-7-10)15-9(2)8-14/h4-5,7,9,12,14H,3,6,8H2,1-2H3. The Labute approximate surface area is 95.3 Å². The molecule has 84 valence electrons. The fraction of sp³-hybridized carbons (Fsp3) is 0.545. The molecule has 0 aliphatic rings. The van der Waals surface area contributed by atoms with Crippen LogP contribution < -0.4 is 5.32 Å². The molecule has 2 N–H and O–H groups in total. The van der Waals surface area contributed by atoms with Crippen molar-refractivity contribution in [3.63, 3.8) is 0 Å². The second-order valence-corrected chi connectivity index (χ2v) is 4.85. The van der Waals surface area contributed by atoms with Crippen LogP contribution in [0.1, 0.15) is 19.4 Å². The third-order valence-electron chi connectivity index (χ3n) is 1.96. The van der Waals surface area contributed by atoms with Crippen LogP contribution in [0.5, 0.6) is 0 Å². The SMILES string of the molecule is CCNCc1ccc(SC(C)CO)nc1. The normalized spacial score (nSPS) is 12.7. The predicted octanol–water partition coefficient (Wildman–Crippen LogP) is 1.66. The third kappa shape index (κ3) is 4.64. The smallest absolute Gasteiger partial charge is 0.0963 e. The summed E-state index contributed by atoms with van der Waals surface area (Å²) in [4.78, 5) is 4.33. The van der Waals surface area contributed by atoms with E-state index in [0.717, 1.165) is 18.1 Å². The lowest BCUT2D eigenvalue weighted by molar-refractivity contribution is 0.300. The molecule has 0 radical (unpaired) electrons. The molecule has 1 aromatic rings. The number of nitrogens with one attached hydrogen (secondary N) is 1. The Bertz CT molecular complexity index is 276. The van der Waals surface area contributed by atoms with Crippen LogP contribution in [-0.4, -0.2) is 28.5 Å². The summed E-state index contributed by atoms with van der Waals surface area (Å²) in [5.74, 6) is 0. The van der Waals surface area contributed by atoms with Gasteiger partial charge in [0.25, 0.3) is 0 Å². The number of aliphatic hydroxyl groups is 1. The van der Waals surface area contributed by atoms with E-state index in [1.54, 1.807) is 11.8 Å². The molecule has 0 amide bonds. The average Bonchev–Trinajstić information content (AvgIpc) is 2.28. The zero-order valence-corrected chi connectivity index (χ0v) is 10.0. The molecule has 0 saturated heterocycles. The van der Waals surface area contributed by atoms with E-state index < -0.39 is 0 Å². The summed E-state index contributed by atoms with van der Waals surface area (Å²) in [7, 11) is 0. The first-order chi connectivity index (χ1) is 7.26. The Morgan fingerprint density at radius 2 is 2.33 bits per heavy atom. The maximum atomic E-state index is 8.91. The van der Waals surface area contributed by atoms with E-state index in [2.05, 4.69) is 23.3 Å². The van der Waals surface area contributed by atoms with Crippen molar-refractivity contribution in [2.45, 2.75) is 30.7 Å². The Kier molecular flexibility index (Phi) is 5.68. The van der Waals surface area contributed by atoms with Gasteiger partial charge in [0.1, 0.15) is 0 Å². The van der Waals surface area contributed by atoms with E-state index in [1.165, 1.54) is 5.56 Å². The van der Waals surface area contributed by atoms with E-state index in [0.29, 0.717) is 0 Å². The summed E-state index contributed by atoms with van der Waals surface area (Å²) in [5, 5.41) is 13.3. The van der Waals surface area contributed by atoms with Gasteiger partial charge in [-0.3, -0.25) is 0 Å². The van der Waals surface area contributed by atoms with Gasteiger partial charge < -0.3 is 10.4 Å². The van der Waals surface area contributed by atoms with Gasteiger partial charge in [0, 0.05) is 18.0 Å². The first-order valence-electron chi connectivity index (χ1n) is 5.19. The molecule has 0 bridgehead atoms. The minimum absolute atomic E-state index is 0.186. The lowest BCUT2D eigenvalue weighted by atomic mass is 10.3. The van der Waals surface area contributed by atoms with Crippen molar-refractivity contribution in [3.8, 4) is 0 Å². The van der Waals surface area contributed by atoms with Crippen molar-refractivity contribution in [2.75, 3.05) is 13.2 Å². The first-order valence-corrected chi connectivity index (χ1v) is 6.07. The number of pyridine rings is 1. The van der Waals surface area contributed by atoms with Crippen LogP contribution in [0.4, 0.5) is 0 Å². The Hall–Kier alpha value is -0.580. The number of aliphatic hydroxyl groups excluding tert-OH is 1. The summed E-state index contributed by atoms with van der Waals surface area (Å²) in [6, 6.07) is 4.07. The van der Waals surface area contributed by atoms with Gasteiger partial charge in [-0.15, -0.1) is 11.8 Å². The van der Waals surface area contributed by atoms with Gasteiger partial charge >= 0.3 is 0 Å². The molecule has 0 aromatic carbocycles. The van der Waals surface area contributed by atoms with Gasteiger partial charge in [-0.1, -0.05) is 19.9 Å². The monoisotopic (exact) mass is 226 g/mol. The second kappa shape index (κ2) is 6.82. The lowest BCUT2D eigenvalue weighted by Gasteiger charge is -2.07. The molecule has 4 heteroatoms. The number of aromatic nitrogens is 1. The topological polar surface area (TPSA) is 45.1 Å². The van der Waals surface area contributed by atoms with Crippen LogP contribution >= 0.6 is 11.8 Å². The quantitative estimate of drug-likeness (QED) is 0.724. The summed E-state index contributed by atoms with van der Waals surface area (Å²) in [5.41, 5.74) is 1.19. The highest BCUT2D eigenvalue weighted by Crippen LogP contribution is 2.20. The largest absolute Gasteiger partial charge is 0.395 e. The average molecular weight is 226 g/mol. The number of hydrogen-bond donors (Lipinski definition) is 2. The summed E-state index contributed by atoms with van der Waals surface area (Å²) in [6.07, 6.45) is 1.88. The van der Waals surface area contributed by atoms with Crippen LogP contribution in [0.25, 0.3) is 0 Å². The van der Waals surface area contributed by atoms with E-state index in [4.69, 9.17) is 5.11 Å². The van der Waals surface area contributed by atoms with Gasteiger partial charge in [0.05, 0.1) is 11.6 Å². The number of hydrogen-bond acceptors (Lipinski definition) is 4. The van der Waals surface area contributed by atoms with Gasteiger partial charge in [0.2, 0.25) is 0 Å². The summed E-state index contributed by atoms with van der Waals surface area (Å²) >= 11 is 1.59. The minimum atomic E-state index is 0.186. The maximum absolute atomic E-state index is 8.91. The van der Waals surface area contributed by atoms with E-state index in [9.17, 15) is 0 Å². The highest BCUT2D eigenvalue weighted by atomic mass is 32.2. The van der Waals surface area contributed by atoms with Gasteiger partial charge in [-0.25, -0.2) is 4.98 Å². The summed E-state index contributed by atoms with van der Waals surface area (Å²) in [6.45, 7) is 6.09. The van der Waals surface area contributed by atoms with Crippen LogP contribution in [-0.2, 0) is 6.54 Å². The molecule has 0 saturated carbocycles. The van der Waals surface area contributed by atoms with Crippen molar-refractivity contribution in [3.05, 3.63) is 23.9 Å². The van der Waals surface area contributed by atoms with Crippen molar-refractivity contribution in [1.82, 2.24) is 10.3 Å². The van der Waals surface area contributed by atoms with Crippen LogP contribution in [0.15, 0.2) is 23.4 Å². The maximum Gasteiger partial charge on any atom is 0.0963 e. The van der Waals surface area contributed by atoms with Crippen LogP contribution in [0, 0.1) is 0 Å². The Balaban J connectivity index is 2.48. The second-order valence-electron chi connectivity index (χ2n) is 3.40. The Morgan fingerprint density at radius 3 is 2.87 bits per heavy atom. The van der Waals surface area contributed by atoms with Crippen molar-refractivity contribution in [1.29, 1.82) is 0 Å². The molecular weight excluding hydrogens is 208 g/mol. The molecule has 1 unspecified atom stereocenters. The lowest BCUT2D eigenvalue weighted by Crippen LogP contribution is -2.11. The molecule has 3 nitrogen and oxygen atoms in total. The molecule has 0 fully saturated rings. The fourth-order valence-electron chi connectivity index (χ4n) is 1.10. The number of rotatable bonds is 6.